The Morgan fingerprint density at radius 1 is 1.21 bits per heavy atom. The first kappa shape index (κ1) is 13.1. The molecule has 0 aliphatic heterocycles. The monoisotopic (exact) mass is 253 g/mol. The Labute approximate surface area is 112 Å². The summed E-state index contributed by atoms with van der Waals surface area (Å²) >= 11 is 0. The molecule has 4 heteroatoms. The van der Waals surface area contributed by atoms with Crippen molar-refractivity contribution in [2.24, 2.45) is 0 Å². The third-order valence-corrected chi connectivity index (χ3v) is 3.53. The van der Waals surface area contributed by atoms with Crippen molar-refractivity contribution in [3.63, 3.8) is 0 Å². The number of carbonyl (C=O) groups excluding carboxylic acids is 1. The van der Waals surface area contributed by atoms with Gasteiger partial charge in [0.05, 0.1) is 17.7 Å². The Morgan fingerprint density at radius 2 is 1.84 bits per heavy atom. The first-order valence-corrected chi connectivity index (χ1v) is 6.44. The van der Waals surface area contributed by atoms with Crippen molar-refractivity contribution in [2.75, 3.05) is 6.54 Å². The summed E-state index contributed by atoms with van der Waals surface area (Å²) in [4.78, 5) is 14.1. The smallest absolute Gasteiger partial charge is 0.254 e. The van der Waals surface area contributed by atoms with Crippen LogP contribution in [-0.4, -0.2) is 23.4 Å². The standard InChI is InChI=1S/C15H15N3O/c16-9-10-18(14-3-1-2-4-14)15(19)13-7-5-12(11-17)6-8-13/h5-8,14H,1-4,10H2. The summed E-state index contributed by atoms with van der Waals surface area (Å²) in [7, 11) is 0. The lowest BCUT2D eigenvalue weighted by Gasteiger charge is -2.26. The van der Waals surface area contributed by atoms with E-state index in [0.717, 1.165) is 25.7 Å². The van der Waals surface area contributed by atoms with E-state index >= 15 is 0 Å². The van der Waals surface area contributed by atoms with Crippen LogP contribution in [0.15, 0.2) is 24.3 Å². The molecular weight excluding hydrogens is 238 g/mol. The summed E-state index contributed by atoms with van der Waals surface area (Å²) < 4.78 is 0. The minimum absolute atomic E-state index is 0.113. The van der Waals surface area contributed by atoms with E-state index in [1.54, 1.807) is 29.2 Å². The highest BCUT2D eigenvalue weighted by molar-refractivity contribution is 5.94. The normalized spacial score (nSPS) is 14.6. The fraction of sp³-hybridized carbons (Fsp3) is 0.400. The minimum Gasteiger partial charge on any atom is -0.322 e. The Bertz CT molecular complexity index is 530. The topological polar surface area (TPSA) is 67.9 Å². The molecule has 0 heterocycles. The Morgan fingerprint density at radius 3 is 2.37 bits per heavy atom. The minimum atomic E-state index is -0.113. The number of carbonyl (C=O) groups is 1. The van der Waals surface area contributed by atoms with Crippen LogP contribution in [0.5, 0.6) is 0 Å². The van der Waals surface area contributed by atoms with Gasteiger partial charge in [-0.3, -0.25) is 4.79 Å². The van der Waals surface area contributed by atoms with E-state index in [1.165, 1.54) is 0 Å². The molecule has 0 radical (unpaired) electrons. The molecule has 0 aromatic heterocycles. The van der Waals surface area contributed by atoms with Gasteiger partial charge in [0, 0.05) is 11.6 Å². The molecule has 4 nitrogen and oxygen atoms in total. The van der Waals surface area contributed by atoms with Crippen molar-refractivity contribution < 1.29 is 4.79 Å². The van der Waals surface area contributed by atoms with Crippen molar-refractivity contribution in [3.05, 3.63) is 35.4 Å². The highest BCUT2D eigenvalue weighted by Gasteiger charge is 2.27. The van der Waals surface area contributed by atoms with Crippen molar-refractivity contribution in [3.8, 4) is 12.1 Å². The number of nitriles is 2. The van der Waals surface area contributed by atoms with E-state index in [2.05, 4.69) is 6.07 Å². The van der Waals surface area contributed by atoms with E-state index in [1.807, 2.05) is 6.07 Å². The number of hydrogen-bond donors (Lipinski definition) is 0. The summed E-state index contributed by atoms with van der Waals surface area (Å²) in [6.45, 7) is 0.128. The predicted octanol–water partition coefficient (Wildman–Crippen LogP) is 2.47. The predicted molar refractivity (Wildman–Crippen MR) is 70.1 cm³/mol. The van der Waals surface area contributed by atoms with Crippen molar-refractivity contribution >= 4 is 5.91 Å². The van der Waals surface area contributed by atoms with Gasteiger partial charge in [0.2, 0.25) is 0 Å². The molecule has 0 bridgehead atoms. The first-order valence-electron chi connectivity index (χ1n) is 6.44. The van der Waals surface area contributed by atoms with E-state index in [9.17, 15) is 4.79 Å². The number of amides is 1. The zero-order valence-electron chi connectivity index (χ0n) is 10.7. The quantitative estimate of drug-likeness (QED) is 0.777. The molecule has 0 atom stereocenters. The maximum absolute atomic E-state index is 12.4. The highest BCUT2D eigenvalue weighted by Crippen LogP contribution is 2.24. The van der Waals surface area contributed by atoms with Gasteiger partial charge < -0.3 is 4.90 Å². The lowest BCUT2D eigenvalue weighted by molar-refractivity contribution is 0.0709. The molecule has 19 heavy (non-hydrogen) atoms. The summed E-state index contributed by atoms with van der Waals surface area (Å²) in [5.41, 5.74) is 1.07. The molecule has 0 unspecified atom stereocenters. The lowest BCUT2D eigenvalue weighted by atomic mass is 10.1. The van der Waals surface area contributed by atoms with E-state index in [-0.39, 0.29) is 18.5 Å². The van der Waals surface area contributed by atoms with Gasteiger partial charge in [-0.25, -0.2) is 0 Å². The van der Waals surface area contributed by atoms with Crippen LogP contribution in [0, 0.1) is 22.7 Å². The molecule has 0 N–H and O–H groups in total. The van der Waals surface area contributed by atoms with Crippen LogP contribution in [0.2, 0.25) is 0 Å². The maximum Gasteiger partial charge on any atom is 0.254 e. The number of nitrogens with zero attached hydrogens (tertiary/aromatic N) is 3. The van der Waals surface area contributed by atoms with E-state index in [4.69, 9.17) is 10.5 Å². The fourth-order valence-electron chi connectivity index (χ4n) is 2.51. The van der Waals surface area contributed by atoms with Gasteiger partial charge in [-0.1, -0.05) is 12.8 Å². The van der Waals surface area contributed by atoms with Crippen molar-refractivity contribution in [2.45, 2.75) is 31.7 Å². The van der Waals surface area contributed by atoms with E-state index in [0.29, 0.717) is 11.1 Å². The first-order chi connectivity index (χ1) is 9.26. The van der Waals surface area contributed by atoms with Crippen LogP contribution < -0.4 is 0 Å². The molecule has 0 saturated heterocycles. The Hall–Kier alpha value is -2.33. The second-order valence-corrected chi connectivity index (χ2v) is 4.72. The molecule has 1 aliphatic rings. The molecule has 96 valence electrons. The number of rotatable bonds is 3. The van der Waals surface area contributed by atoms with E-state index < -0.39 is 0 Å². The summed E-state index contributed by atoms with van der Waals surface area (Å²) in [5.74, 6) is -0.113. The molecule has 1 amide bonds. The Kier molecular flexibility index (Phi) is 4.15. The molecule has 0 spiro atoms. The van der Waals surface area contributed by atoms with Crippen LogP contribution >= 0.6 is 0 Å². The van der Waals surface area contributed by atoms with Crippen LogP contribution in [0.4, 0.5) is 0 Å². The molecule has 1 aromatic carbocycles. The summed E-state index contributed by atoms with van der Waals surface area (Å²) in [6.07, 6.45) is 4.19. The molecule has 1 fully saturated rings. The second kappa shape index (κ2) is 6.02. The summed E-state index contributed by atoms with van der Waals surface area (Å²) in [5, 5.41) is 17.6. The zero-order chi connectivity index (χ0) is 13.7. The van der Waals surface area contributed by atoms with Crippen molar-refractivity contribution in [1.29, 1.82) is 10.5 Å². The van der Waals surface area contributed by atoms with Gasteiger partial charge in [0.1, 0.15) is 6.54 Å². The molecule has 1 aliphatic carbocycles. The molecule has 1 aromatic rings. The van der Waals surface area contributed by atoms with Gasteiger partial charge in [-0.15, -0.1) is 0 Å². The average Bonchev–Trinajstić information content (AvgIpc) is 2.98. The van der Waals surface area contributed by atoms with Crippen LogP contribution in [0.3, 0.4) is 0 Å². The summed E-state index contributed by atoms with van der Waals surface area (Å²) in [6, 6.07) is 10.8. The van der Waals surface area contributed by atoms with Crippen LogP contribution in [-0.2, 0) is 0 Å². The third-order valence-electron chi connectivity index (χ3n) is 3.53. The average molecular weight is 253 g/mol. The van der Waals surface area contributed by atoms with Gasteiger partial charge >= 0.3 is 0 Å². The van der Waals surface area contributed by atoms with Gasteiger partial charge in [-0.05, 0) is 37.1 Å². The highest BCUT2D eigenvalue weighted by atomic mass is 16.2. The molecular formula is C15H15N3O. The molecule has 2 rings (SSSR count). The maximum atomic E-state index is 12.4. The number of hydrogen-bond acceptors (Lipinski definition) is 3. The lowest BCUT2D eigenvalue weighted by Crippen LogP contribution is -2.39. The van der Waals surface area contributed by atoms with Crippen LogP contribution in [0.1, 0.15) is 41.6 Å². The Balaban J connectivity index is 2.18. The van der Waals surface area contributed by atoms with Crippen LogP contribution in [0.25, 0.3) is 0 Å². The fourth-order valence-corrected chi connectivity index (χ4v) is 2.51. The van der Waals surface area contributed by atoms with Gasteiger partial charge in [0.25, 0.3) is 5.91 Å². The zero-order valence-corrected chi connectivity index (χ0v) is 10.7. The largest absolute Gasteiger partial charge is 0.322 e. The number of benzene rings is 1. The van der Waals surface area contributed by atoms with Gasteiger partial charge in [-0.2, -0.15) is 10.5 Å². The second-order valence-electron chi connectivity index (χ2n) is 4.72. The molecule has 1 saturated carbocycles. The van der Waals surface area contributed by atoms with Crippen molar-refractivity contribution in [1.82, 2.24) is 4.90 Å². The SMILES string of the molecule is N#CCN(C(=O)c1ccc(C#N)cc1)C1CCCC1. The van der Waals surface area contributed by atoms with Gasteiger partial charge in [0.15, 0.2) is 0 Å². The third kappa shape index (κ3) is 2.92.